The summed E-state index contributed by atoms with van der Waals surface area (Å²) in [7, 11) is -0.129. The lowest BCUT2D eigenvalue weighted by atomic mass is 10.0. The van der Waals surface area contributed by atoms with E-state index in [1.54, 1.807) is 25.3 Å². The fourth-order valence-corrected chi connectivity index (χ4v) is 3.44. The summed E-state index contributed by atoms with van der Waals surface area (Å²) in [5.41, 5.74) is 0.819. The molecule has 1 aromatic rings. The Morgan fingerprint density at radius 2 is 1.95 bits per heavy atom. The first-order valence-electron chi connectivity index (χ1n) is 7.19. The monoisotopic (exact) mass is 314 g/mol. The fraction of sp³-hybridized carbons (Fsp3) is 0.600. The summed E-state index contributed by atoms with van der Waals surface area (Å²) in [5, 5.41) is 3.01. The van der Waals surface area contributed by atoms with Crippen LogP contribution in [0.15, 0.2) is 23.1 Å². The molecule has 0 aliphatic heterocycles. The Kier molecular flexibility index (Phi) is 6.64. The number of ether oxygens (including phenoxy) is 1. The van der Waals surface area contributed by atoms with E-state index >= 15 is 0 Å². The molecule has 2 unspecified atom stereocenters. The normalized spacial score (nSPS) is 14.7. The Morgan fingerprint density at radius 1 is 1.29 bits per heavy atom. The van der Waals surface area contributed by atoms with Crippen molar-refractivity contribution in [2.75, 3.05) is 14.2 Å². The van der Waals surface area contributed by atoms with Crippen LogP contribution in [-0.4, -0.2) is 28.6 Å². The molecular formula is C15H26N2O3S. The summed E-state index contributed by atoms with van der Waals surface area (Å²) in [4.78, 5) is 0.267. The number of nitrogens with one attached hydrogen (secondary N) is 2. The number of sulfonamides is 1. The molecule has 2 atom stereocenters. The predicted octanol–water partition coefficient (Wildman–Crippen LogP) is 2.13. The summed E-state index contributed by atoms with van der Waals surface area (Å²) in [5.74, 6) is 0.966. The van der Waals surface area contributed by atoms with Crippen LogP contribution in [-0.2, 0) is 16.6 Å². The first-order valence-corrected chi connectivity index (χ1v) is 8.67. The zero-order valence-electron chi connectivity index (χ0n) is 13.4. The largest absolute Gasteiger partial charge is 0.496 e. The lowest BCUT2D eigenvalue weighted by molar-refractivity contribution is 0.408. The number of benzene rings is 1. The van der Waals surface area contributed by atoms with Crippen molar-refractivity contribution in [3.63, 3.8) is 0 Å². The number of hydrogen-bond acceptors (Lipinski definition) is 4. The summed E-state index contributed by atoms with van der Waals surface area (Å²) < 4.78 is 32.9. The van der Waals surface area contributed by atoms with Gasteiger partial charge in [0.05, 0.1) is 12.0 Å². The molecule has 0 amide bonds. The van der Waals surface area contributed by atoms with E-state index in [9.17, 15) is 8.42 Å². The lowest BCUT2D eigenvalue weighted by Gasteiger charge is -2.20. The van der Waals surface area contributed by atoms with Crippen LogP contribution < -0.4 is 14.8 Å². The van der Waals surface area contributed by atoms with E-state index in [4.69, 9.17) is 4.74 Å². The van der Waals surface area contributed by atoms with Gasteiger partial charge >= 0.3 is 0 Å². The Bertz CT molecular complexity index is 558. The highest BCUT2D eigenvalue weighted by atomic mass is 32.2. The molecular weight excluding hydrogens is 288 g/mol. The first-order chi connectivity index (χ1) is 9.85. The molecule has 0 fully saturated rings. The van der Waals surface area contributed by atoms with Gasteiger partial charge < -0.3 is 10.1 Å². The van der Waals surface area contributed by atoms with Gasteiger partial charge in [0.25, 0.3) is 0 Å². The molecule has 0 aliphatic rings. The van der Waals surface area contributed by atoms with Gasteiger partial charge in [0.15, 0.2) is 0 Å². The van der Waals surface area contributed by atoms with Crippen molar-refractivity contribution in [2.24, 2.45) is 5.92 Å². The van der Waals surface area contributed by atoms with Crippen LogP contribution in [0.3, 0.4) is 0 Å². The Hall–Kier alpha value is -1.11. The minimum Gasteiger partial charge on any atom is -0.496 e. The van der Waals surface area contributed by atoms with Crippen LogP contribution in [0, 0.1) is 5.92 Å². The molecule has 0 saturated heterocycles. The molecule has 120 valence electrons. The van der Waals surface area contributed by atoms with Crippen LogP contribution in [0.4, 0.5) is 0 Å². The molecule has 0 spiro atoms. The summed E-state index contributed by atoms with van der Waals surface area (Å²) >= 11 is 0. The Morgan fingerprint density at radius 3 is 2.48 bits per heavy atom. The molecule has 2 N–H and O–H groups in total. The number of hydrogen-bond donors (Lipinski definition) is 2. The van der Waals surface area contributed by atoms with E-state index in [-0.39, 0.29) is 16.9 Å². The van der Waals surface area contributed by atoms with E-state index in [0.29, 0.717) is 12.3 Å². The van der Waals surface area contributed by atoms with Crippen LogP contribution >= 0.6 is 0 Å². The van der Waals surface area contributed by atoms with Crippen LogP contribution in [0.1, 0.15) is 32.8 Å². The second kappa shape index (κ2) is 7.77. The average Bonchev–Trinajstić information content (AvgIpc) is 2.46. The van der Waals surface area contributed by atoms with Crippen molar-refractivity contribution >= 4 is 10.0 Å². The molecule has 0 radical (unpaired) electrons. The van der Waals surface area contributed by atoms with Gasteiger partial charge in [-0.05, 0) is 38.1 Å². The molecule has 1 rings (SSSR count). The minimum absolute atomic E-state index is 0.102. The Labute approximate surface area is 128 Å². The second-order valence-electron chi connectivity index (χ2n) is 5.30. The minimum atomic E-state index is -3.51. The topological polar surface area (TPSA) is 67.4 Å². The van der Waals surface area contributed by atoms with Crippen LogP contribution in [0.5, 0.6) is 5.75 Å². The smallest absolute Gasteiger partial charge is 0.240 e. The van der Waals surface area contributed by atoms with E-state index < -0.39 is 10.0 Å². The van der Waals surface area contributed by atoms with Crippen LogP contribution in [0.2, 0.25) is 0 Å². The van der Waals surface area contributed by atoms with Gasteiger partial charge in [-0.15, -0.1) is 0 Å². The Balaban J connectivity index is 3.05. The zero-order valence-corrected chi connectivity index (χ0v) is 14.3. The van der Waals surface area contributed by atoms with Gasteiger partial charge in [0, 0.05) is 18.2 Å². The van der Waals surface area contributed by atoms with Gasteiger partial charge in [-0.1, -0.05) is 20.3 Å². The molecule has 0 aliphatic carbocycles. The van der Waals surface area contributed by atoms with Gasteiger partial charge in [-0.2, -0.15) is 0 Å². The lowest BCUT2D eigenvalue weighted by Crippen LogP contribution is -2.36. The fourth-order valence-electron chi connectivity index (χ4n) is 2.03. The van der Waals surface area contributed by atoms with Gasteiger partial charge in [0.1, 0.15) is 5.75 Å². The van der Waals surface area contributed by atoms with Crippen molar-refractivity contribution in [3.8, 4) is 5.75 Å². The molecule has 0 bridgehead atoms. The highest BCUT2D eigenvalue weighted by molar-refractivity contribution is 7.89. The van der Waals surface area contributed by atoms with Crippen molar-refractivity contribution in [3.05, 3.63) is 23.8 Å². The maximum absolute atomic E-state index is 12.4. The molecule has 0 aromatic heterocycles. The highest BCUT2D eigenvalue weighted by Gasteiger charge is 2.21. The van der Waals surface area contributed by atoms with Crippen molar-refractivity contribution in [1.82, 2.24) is 10.0 Å². The third-order valence-corrected chi connectivity index (χ3v) is 5.32. The SMILES string of the molecule is CCC(C)C(C)NS(=O)(=O)c1ccc(OC)c(CNC)c1. The average molecular weight is 314 g/mol. The second-order valence-corrected chi connectivity index (χ2v) is 7.01. The molecule has 21 heavy (non-hydrogen) atoms. The van der Waals surface area contributed by atoms with Gasteiger partial charge in [-0.25, -0.2) is 13.1 Å². The third-order valence-electron chi connectivity index (χ3n) is 3.77. The van der Waals surface area contributed by atoms with E-state index in [1.807, 2.05) is 27.8 Å². The van der Waals surface area contributed by atoms with E-state index in [0.717, 1.165) is 12.0 Å². The number of methoxy groups -OCH3 is 1. The zero-order chi connectivity index (χ0) is 16.0. The molecule has 0 heterocycles. The summed E-state index contributed by atoms with van der Waals surface area (Å²) in [6.45, 7) is 6.53. The van der Waals surface area contributed by atoms with Gasteiger partial charge in [-0.3, -0.25) is 0 Å². The molecule has 1 aromatic carbocycles. The molecule has 0 saturated carbocycles. The van der Waals surface area contributed by atoms with Crippen molar-refractivity contribution in [1.29, 1.82) is 0 Å². The van der Waals surface area contributed by atoms with Crippen molar-refractivity contribution in [2.45, 2.75) is 44.7 Å². The van der Waals surface area contributed by atoms with Crippen molar-refractivity contribution < 1.29 is 13.2 Å². The highest BCUT2D eigenvalue weighted by Crippen LogP contribution is 2.23. The van der Waals surface area contributed by atoms with Gasteiger partial charge in [0.2, 0.25) is 10.0 Å². The quantitative estimate of drug-likeness (QED) is 0.771. The maximum Gasteiger partial charge on any atom is 0.240 e. The third kappa shape index (κ3) is 4.69. The predicted molar refractivity (Wildman–Crippen MR) is 85.0 cm³/mol. The number of rotatable bonds is 8. The standard InChI is InChI=1S/C15H26N2O3S/c1-6-11(2)12(3)17-21(18,19)14-7-8-15(20-5)13(9-14)10-16-4/h7-9,11-12,16-17H,6,10H2,1-5H3. The summed E-state index contributed by atoms with van der Waals surface area (Å²) in [6, 6.07) is 4.81. The van der Waals surface area contributed by atoms with Crippen LogP contribution in [0.25, 0.3) is 0 Å². The van der Waals surface area contributed by atoms with E-state index in [2.05, 4.69) is 10.0 Å². The van der Waals surface area contributed by atoms with E-state index in [1.165, 1.54) is 0 Å². The first kappa shape index (κ1) is 17.9. The summed E-state index contributed by atoms with van der Waals surface area (Å²) in [6.07, 6.45) is 0.928. The molecule has 5 nitrogen and oxygen atoms in total. The maximum atomic E-state index is 12.4. The molecule has 6 heteroatoms.